The van der Waals surface area contributed by atoms with Crippen molar-refractivity contribution in [2.75, 3.05) is 19.7 Å². The van der Waals surface area contributed by atoms with Crippen LogP contribution in [0.3, 0.4) is 0 Å². The molecule has 0 aliphatic carbocycles. The Morgan fingerprint density at radius 2 is 1.93 bits per heavy atom. The number of carbonyl (C=O) groups is 4. The number of aromatic nitrogens is 1. The first kappa shape index (κ1) is 28.6. The van der Waals surface area contributed by atoms with Crippen molar-refractivity contribution < 1.29 is 46.7 Å². The zero-order chi connectivity index (χ0) is 29.0. The van der Waals surface area contributed by atoms with Crippen molar-refractivity contribution in [3.63, 3.8) is 0 Å². The van der Waals surface area contributed by atoms with E-state index < -0.39 is 71.8 Å². The fourth-order valence-electron chi connectivity index (χ4n) is 4.51. The van der Waals surface area contributed by atoms with E-state index in [4.69, 9.17) is 9.26 Å². The van der Waals surface area contributed by atoms with Gasteiger partial charge in [-0.2, -0.15) is 4.39 Å². The molecule has 2 heterocycles. The van der Waals surface area contributed by atoms with Crippen molar-refractivity contribution in [2.45, 2.75) is 38.6 Å². The highest BCUT2D eigenvalue weighted by molar-refractivity contribution is 6.04. The molecule has 2 aromatic carbocycles. The number of carbonyl (C=O) groups excluding carboxylic acids is 3. The Morgan fingerprint density at radius 3 is 2.67 bits per heavy atom. The Hall–Kier alpha value is -4.42. The first-order chi connectivity index (χ1) is 19.1. The van der Waals surface area contributed by atoms with Crippen LogP contribution in [0.4, 0.5) is 13.2 Å². The van der Waals surface area contributed by atoms with Crippen LogP contribution in [0.2, 0.25) is 0 Å². The van der Waals surface area contributed by atoms with E-state index in [0.717, 1.165) is 0 Å². The second-order valence-corrected chi connectivity index (χ2v) is 9.52. The third-order valence-electron chi connectivity index (χ3n) is 6.65. The minimum atomic E-state index is -1.64. The van der Waals surface area contributed by atoms with Crippen LogP contribution in [0, 0.1) is 30.3 Å². The molecule has 1 saturated heterocycles. The van der Waals surface area contributed by atoms with Crippen LogP contribution in [-0.4, -0.2) is 64.5 Å². The number of amides is 2. The summed E-state index contributed by atoms with van der Waals surface area (Å²) in [5, 5.41) is 16.0. The van der Waals surface area contributed by atoms with E-state index >= 15 is 0 Å². The largest absolute Gasteiger partial charge is 0.481 e. The predicted octanol–water partition coefficient (Wildman–Crippen LogP) is 3.40. The number of carboxylic acid groups (broad SMARTS) is 1. The molecule has 0 saturated carbocycles. The minimum Gasteiger partial charge on any atom is -0.481 e. The molecule has 1 aromatic heterocycles. The molecule has 0 radical (unpaired) electrons. The number of nitrogens with one attached hydrogen (secondary N) is 1. The lowest BCUT2D eigenvalue weighted by molar-refractivity contribution is -0.141. The Labute approximate surface area is 226 Å². The maximum atomic E-state index is 14.2. The van der Waals surface area contributed by atoms with E-state index in [1.54, 1.807) is 24.3 Å². The van der Waals surface area contributed by atoms with Gasteiger partial charge < -0.3 is 24.6 Å². The van der Waals surface area contributed by atoms with Gasteiger partial charge in [-0.25, -0.2) is 8.78 Å². The van der Waals surface area contributed by atoms with Gasteiger partial charge in [0.05, 0.1) is 17.7 Å². The lowest BCUT2D eigenvalue weighted by Crippen LogP contribution is -2.48. The van der Waals surface area contributed by atoms with Crippen molar-refractivity contribution in [2.24, 2.45) is 5.92 Å². The topological polar surface area (TPSA) is 139 Å². The molecule has 2 atom stereocenters. The number of nitrogens with zero attached hydrogens (tertiary/aromatic N) is 2. The third-order valence-corrected chi connectivity index (χ3v) is 6.65. The monoisotopic (exact) mass is 561 g/mol. The molecule has 3 aromatic rings. The van der Waals surface area contributed by atoms with E-state index in [2.05, 4.69) is 10.5 Å². The van der Waals surface area contributed by atoms with Crippen molar-refractivity contribution in [1.82, 2.24) is 15.4 Å². The second-order valence-electron chi connectivity index (χ2n) is 9.52. The number of ketones is 1. The van der Waals surface area contributed by atoms with Gasteiger partial charge in [-0.1, -0.05) is 23.7 Å². The number of para-hydroxylation sites is 1. The Morgan fingerprint density at radius 1 is 1.18 bits per heavy atom. The van der Waals surface area contributed by atoms with Crippen molar-refractivity contribution >= 4 is 34.5 Å². The van der Waals surface area contributed by atoms with Crippen LogP contribution in [0.5, 0.6) is 5.75 Å². The van der Waals surface area contributed by atoms with E-state index in [0.29, 0.717) is 42.8 Å². The number of benzene rings is 2. The van der Waals surface area contributed by atoms with Gasteiger partial charge in [0.15, 0.2) is 34.4 Å². The second kappa shape index (κ2) is 12.2. The van der Waals surface area contributed by atoms with Crippen LogP contribution < -0.4 is 10.1 Å². The van der Waals surface area contributed by atoms with Gasteiger partial charge in [-0.3, -0.25) is 19.2 Å². The summed E-state index contributed by atoms with van der Waals surface area (Å²) >= 11 is 0. The molecule has 1 fully saturated rings. The average Bonchev–Trinajstić information content (AvgIpc) is 3.19. The van der Waals surface area contributed by atoms with Crippen LogP contribution in [0.1, 0.15) is 41.7 Å². The highest BCUT2D eigenvalue weighted by Gasteiger charge is 2.33. The summed E-state index contributed by atoms with van der Waals surface area (Å²) in [6, 6.07) is 5.85. The van der Waals surface area contributed by atoms with Crippen molar-refractivity contribution in [1.29, 1.82) is 0 Å². The number of hydrogen-bond acceptors (Lipinski definition) is 7. The Bertz CT molecular complexity index is 1430. The number of halogens is 3. The molecule has 2 N–H and O–H groups in total. The minimum absolute atomic E-state index is 0.0185. The fraction of sp³-hybridized carbons (Fsp3) is 0.370. The normalized spacial score (nSPS) is 16.3. The molecule has 10 nitrogen and oxygen atoms in total. The van der Waals surface area contributed by atoms with E-state index in [9.17, 15) is 37.5 Å². The molecule has 4 rings (SSSR count). The van der Waals surface area contributed by atoms with Gasteiger partial charge in [-0.15, -0.1) is 0 Å². The van der Waals surface area contributed by atoms with Crippen LogP contribution >= 0.6 is 0 Å². The number of aliphatic carboxylic acids is 1. The Balaban J connectivity index is 1.45. The number of rotatable bonds is 9. The summed E-state index contributed by atoms with van der Waals surface area (Å²) in [6.07, 6.45) is 0.709. The molecular formula is C27H26F3N3O7. The molecule has 40 heavy (non-hydrogen) atoms. The summed E-state index contributed by atoms with van der Waals surface area (Å²) in [4.78, 5) is 52.0. The van der Waals surface area contributed by atoms with Gasteiger partial charge in [0.2, 0.25) is 11.7 Å². The van der Waals surface area contributed by atoms with Crippen molar-refractivity contribution in [3.05, 3.63) is 59.0 Å². The molecular weight excluding hydrogens is 535 g/mol. The van der Waals surface area contributed by atoms with Crippen molar-refractivity contribution in [3.8, 4) is 5.75 Å². The molecule has 0 unspecified atom stereocenters. The van der Waals surface area contributed by atoms with Gasteiger partial charge in [0, 0.05) is 13.1 Å². The molecule has 13 heteroatoms. The average molecular weight is 562 g/mol. The lowest BCUT2D eigenvalue weighted by Gasteiger charge is -2.25. The number of carboxylic acids is 1. The summed E-state index contributed by atoms with van der Waals surface area (Å²) in [7, 11) is 0. The summed E-state index contributed by atoms with van der Waals surface area (Å²) in [5.41, 5.74) is 0.267. The van der Waals surface area contributed by atoms with Crippen LogP contribution in [0.25, 0.3) is 11.0 Å². The number of likely N-dealkylation sites (tertiary alicyclic amines) is 1. The van der Waals surface area contributed by atoms with E-state index in [1.165, 1.54) is 11.8 Å². The van der Waals surface area contributed by atoms with Crippen LogP contribution in [-0.2, 0) is 14.4 Å². The fourth-order valence-corrected chi connectivity index (χ4v) is 4.51. The highest BCUT2D eigenvalue weighted by Crippen LogP contribution is 2.27. The maximum Gasteiger partial charge on any atom is 0.305 e. The van der Waals surface area contributed by atoms with Gasteiger partial charge >= 0.3 is 5.97 Å². The van der Waals surface area contributed by atoms with Gasteiger partial charge in [0.1, 0.15) is 12.6 Å². The molecule has 1 aliphatic rings. The zero-order valence-electron chi connectivity index (χ0n) is 21.4. The van der Waals surface area contributed by atoms with Crippen LogP contribution in [0.15, 0.2) is 34.9 Å². The molecule has 1 aliphatic heterocycles. The van der Waals surface area contributed by atoms with E-state index in [1.807, 2.05) is 0 Å². The first-order valence-electron chi connectivity index (χ1n) is 12.5. The predicted molar refractivity (Wildman–Crippen MR) is 133 cm³/mol. The highest BCUT2D eigenvalue weighted by atomic mass is 19.2. The standard InChI is InChI=1S/C27H26F3N3O7/c1-14-10-17(28)23(30)25(22(14)29)39-13-19(34)18(11-21(35)36)31-26(37)15-6-4-5-9-33(12-15)27(38)24-16-7-2-3-8-20(16)40-32-24/h2-3,7-8,10,15,18H,4-6,9,11-13H2,1H3,(H,31,37)(H,35,36)/t15-,18+/m1/s1. The quantitative estimate of drug-likeness (QED) is 0.379. The molecule has 0 spiro atoms. The third kappa shape index (κ3) is 6.24. The number of ether oxygens (including phenoxy) is 1. The van der Waals surface area contributed by atoms with Gasteiger partial charge in [-0.05, 0) is 43.5 Å². The molecule has 2 amide bonds. The smallest absolute Gasteiger partial charge is 0.305 e. The number of aryl methyl sites for hydroxylation is 1. The van der Waals surface area contributed by atoms with E-state index in [-0.39, 0.29) is 17.8 Å². The number of fused-ring (bicyclic) bond motifs is 1. The number of Topliss-reactive ketones (excluding diaryl/α,β-unsaturated/α-hetero) is 1. The Kier molecular flexibility index (Phi) is 8.70. The summed E-state index contributed by atoms with van der Waals surface area (Å²) < 4.78 is 52.0. The zero-order valence-corrected chi connectivity index (χ0v) is 21.4. The first-order valence-corrected chi connectivity index (χ1v) is 12.5. The molecule has 212 valence electrons. The summed E-state index contributed by atoms with van der Waals surface area (Å²) in [5.74, 6) is -9.68. The number of hydrogen-bond donors (Lipinski definition) is 2. The maximum absolute atomic E-state index is 14.2. The summed E-state index contributed by atoms with van der Waals surface area (Å²) in [6.45, 7) is 0.476. The molecule has 0 bridgehead atoms. The SMILES string of the molecule is Cc1cc(F)c(F)c(OCC(=O)[C@H](CC(=O)O)NC(=O)[C@@H]2CCCCN(C(=O)c3noc4ccccc34)C2)c1F. The van der Waals surface area contributed by atoms with Gasteiger partial charge in [0.25, 0.3) is 5.91 Å². The lowest BCUT2D eigenvalue weighted by atomic mass is 10.0.